The molecule has 0 aliphatic carbocycles. The predicted molar refractivity (Wildman–Crippen MR) is 75.9 cm³/mol. The molecule has 0 bridgehead atoms. The van der Waals surface area contributed by atoms with E-state index in [0.717, 1.165) is 0 Å². The van der Waals surface area contributed by atoms with E-state index in [1.807, 2.05) is 0 Å². The van der Waals surface area contributed by atoms with E-state index in [0.29, 0.717) is 16.7 Å². The number of amides is 1. The molecule has 0 radical (unpaired) electrons. The number of aromatic amines is 1. The smallest absolute Gasteiger partial charge is 0.226 e. The third kappa shape index (κ3) is 2.90. The molecule has 2 aromatic rings. The Balaban J connectivity index is 2.25. The average molecular weight is 296 g/mol. The molecular weight excluding hydrogens is 280 g/mol. The lowest BCUT2D eigenvalue weighted by molar-refractivity contribution is -0.128. The van der Waals surface area contributed by atoms with Crippen LogP contribution in [0.3, 0.4) is 0 Å². The number of H-pyrrole nitrogens is 1. The van der Waals surface area contributed by atoms with Gasteiger partial charge in [0.2, 0.25) is 20.9 Å². The van der Waals surface area contributed by atoms with E-state index in [4.69, 9.17) is 5.73 Å². The molecule has 3 N–H and O–H groups in total. The van der Waals surface area contributed by atoms with Crippen LogP contribution in [0.5, 0.6) is 0 Å². The molecule has 0 saturated heterocycles. The molecule has 20 heavy (non-hydrogen) atoms. The zero-order valence-corrected chi connectivity index (χ0v) is 12.1. The highest BCUT2D eigenvalue weighted by Gasteiger charge is 2.21. The molecule has 2 rings (SSSR count). The van der Waals surface area contributed by atoms with E-state index in [9.17, 15) is 13.2 Å². The molecule has 0 saturated carbocycles. The summed E-state index contributed by atoms with van der Waals surface area (Å²) in [5.41, 5.74) is 7.23. The highest BCUT2D eigenvalue weighted by atomic mass is 32.2. The summed E-state index contributed by atoms with van der Waals surface area (Å²) in [6, 6.07) is 4.91. The summed E-state index contributed by atoms with van der Waals surface area (Å²) >= 11 is 0. The molecule has 0 atom stereocenters. The number of nitrogens with zero attached hydrogens (tertiary/aromatic N) is 2. The van der Waals surface area contributed by atoms with E-state index >= 15 is 0 Å². The second-order valence-corrected chi connectivity index (χ2v) is 6.70. The first kappa shape index (κ1) is 14.3. The van der Waals surface area contributed by atoms with Crippen LogP contribution >= 0.6 is 0 Å². The number of nitrogens with two attached hydrogens (primary N) is 1. The van der Waals surface area contributed by atoms with Crippen molar-refractivity contribution in [2.45, 2.75) is 11.6 Å². The van der Waals surface area contributed by atoms with Crippen LogP contribution < -0.4 is 5.73 Å². The molecule has 0 aliphatic rings. The predicted octanol–water partition coefficient (Wildman–Crippen LogP) is 0.397. The number of anilines is 1. The van der Waals surface area contributed by atoms with Gasteiger partial charge < -0.3 is 15.6 Å². The first-order valence-electron chi connectivity index (χ1n) is 5.98. The molecular formula is C12H16N4O3S. The van der Waals surface area contributed by atoms with Gasteiger partial charge in [-0.1, -0.05) is 0 Å². The third-order valence-electron chi connectivity index (χ3n) is 2.86. The maximum Gasteiger partial charge on any atom is 0.226 e. The molecule has 0 spiro atoms. The van der Waals surface area contributed by atoms with Gasteiger partial charge in [-0.15, -0.1) is 0 Å². The van der Waals surface area contributed by atoms with Crippen molar-refractivity contribution in [3.8, 4) is 0 Å². The Morgan fingerprint density at radius 2 is 2.10 bits per heavy atom. The Bertz CT molecular complexity index is 749. The molecule has 0 aliphatic heterocycles. The standard InChI is InChI=1S/C12H16N4O3S/c1-16(2)11(17)5-6-20(18,19)12-14-9-4-3-8(13)7-10(9)15-12/h3-4,7H,5-6,13H2,1-2H3,(H,14,15). The summed E-state index contributed by atoms with van der Waals surface area (Å²) in [6.07, 6.45) is -0.0749. The van der Waals surface area contributed by atoms with Crippen LogP contribution in [0.15, 0.2) is 23.4 Å². The largest absolute Gasteiger partial charge is 0.399 e. The summed E-state index contributed by atoms with van der Waals surface area (Å²) < 4.78 is 24.2. The van der Waals surface area contributed by atoms with Gasteiger partial charge in [-0.3, -0.25) is 4.79 Å². The molecule has 1 amide bonds. The van der Waals surface area contributed by atoms with Crippen LogP contribution in [0, 0.1) is 0 Å². The summed E-state index contributed by atoms with van der Waals surface area (Å²) in [5.74, 6) is -0.520. The van der Waals surface area contributed by atoms with Crippen molar-refractivity contribution >= 4 is 32.5 Å². The fourth-order valence-electron chi connectivity index (χ4n) is 1.69. The topological polar surface area (TPSA) is 109 Å². The monoisotopic (exact) mass is 296 g/mol. The van der Waals surface area contributed by atoms with Gasteiger partial charge in [-0.05, 0) is 18.2 Å². The minimum Gasteiger partial charge on any atom is -0.399 e. The van der Waals surface area contributed by atoms with Crippen LogP contribution in [-0.2, 0) is 14.6 Å². The van der Waals surface area contributed by atoms with Crippen molar-refractivity contribution in [3.05, 3.63) is 18.2 Å². The van der Waals surface area contributed by atoms with Crippen LogP contribution in [-0.4, -0.2) is 49.0 Å². The first-order valence-corrected chi connectivity index (χ1v) is 7.63. The van der Waals surface area contributed by atoms with E-state index in [1.165, 1.54) is 4.90 Å². The molecule has 1 heterocycles. The summed E-state index contributed by atoms with van der Waals surface area (Å²) in [7, 11) is -0.454. The Morgan fingerprint density at radius 1 is 1.40 bits per heavy atom. The van der Waals surface area contributed by atoms with Crippen molar-refractivity contribution in [2.24, 2.45) is 0 Å². The Labute approximate surface area is 116 Å². The third-order valence-corrected chi connectivity index (χ3v) is 4.39. The number of rotatable bonds is 4. The minimum absolute atomic E-state index is 0.0749. The normalized spacial score (nSPS) is 11.7. The summed E-state index contributed by atoms with van der Waals surface area (Å²) in [4.78, 5) is 19.6. The Hall–Kier alpha value is -2.09. The number of benzene rings is 1. The fourth-order valence-corrected chi connectivity index (χ4v) is 2.83. The van der Waals surface area contributed by atoms with Gasteiger partial charge in [0.05, 0.1) is 16.8 Å². The number of imidazole rings is 1. The zero-order valence-electron chi connectivity index (χ0n) is 11.3. The van der Waals surface area contributed by atoms with Gasteiger partial charge >= 0.3 is 0 Å². The van der Waals surface area contributed by atoms with Crippen molar-refractivity contribution in [1.82, 2.24) is 14.9 Å². The molecule has 7 nitrogen and oxygen atoms in total. The summed E-state index contributed by atoms with van der Waals surface area (Å²) in [6.45, 7) is 0. The quantitative estimate of drug-likeness (QED) is 0.794. The number of carbonyl (C=O) groups excluding carboxylic acids is 1. The maximum absolute atomic E-state index is 12.1. The van der Waals surface area contributed by atoms with Crippen molar-refractivity contribution < 1.29 is 13.2 Å². The number of nitrogens with one attached hydrogen (secondary N) is 1. The van der Waals surface area contributed by atoms with Gasteiger partial charge in [0.15, 0.2) is 0 Å². The van der Waals surface area contributed by atoms with Crippen molar-refractivity contribution in [3.63, 3.8) is 0 Å². The summed E-state index contributed by atoms with van der Waals surface area (Å²) in [5, 5.41) is -0.135. The molecule has 108 valence electrons. The number of carbonyl (C=O) groups is 1. The maximum atomic E-state index is 12.1. The second-order valence-electron chi connectivity index (χ2n) is 4.68. The van der Waals surface area contributed by atoms with Gasteiger partial charge in [-0.25, -0.2) is 13.4 Å². The van der Waals surface area contributed by atoms with Gasteiger partial charge in [0.1, 0.15) is 0 Å². The lowest BCUT2D eigenvalue weighted by atomic mass is 10.3. The highest BCUT2D eigenvalue weighted by Crippen LogP contribution is 2.18. The number of hydrogen-bond acceptors (Lipinski definition) is 5. The number of fused-ring (bicyclic) bond motifs is 1. The number of aromatic nitrogens is 2. The van der Waals surface area contributed by atoms with E-state index < -0.39 is 9.84 Å². The van der Waals surface area contributed by atoms with E-state index in [-0.39, 0.29) is 23.2 Å². The lowest BCUT2D eigenvalue weighted by Gasteiger charge is -2.09. The second kappa shape index (κ2) is 5.12. The Morgan fingerprint density at radius 3 is 2.75 bits per heavy atom. The molecule has 8 heteroatoms. The van der Waals surface area contributed by atoms with Crippen LogP contribution in [0.1, 0.15) is 6.42 Å². The van der Waals surface area contributed by atoms with Crippen LogP contribution in [0.25, 0.3) is 11.0 Å². The first-order chi connectivity index (χ1) is 9.29. The lowest BCUT2D eigenvalue weighted by Crippen LogP contribution is -2.24. The SMILES string of the molecule is CN(C)C(=O)CCS(=O)(=O)c1nc2ccc(N)cc2[nH]1. The molecule has 1 aromatic heterocycles. The molecule has 0 unspecified atom stereocenters. The zero-order chi connectivity index (χ0) is 14.9. The molecule has 1 aromatic carbocycles. The van der Waals surface area contributed by atoms with E-state index in [2.05, 4.69) is 9.97 Å². The van der Waals surface area contributed by atoms with Crippen molar-refractivity contribution in [1.29, 1.82) is 0 Å². The number of sulfone groups is 1. The van der Waals surface area contributed by atoms with E-state index in [1.54, 1.807) is 32.3 Å². The minimum atomic E-state index is -3.62. The van der Waals surface area contributed by atoms with Gasteiger partial charge in [0.25, 0.3) is 0 Å². The van der Waals surface area contributed by atoms with Crippen molar-refractivity contribution in [2.75, 3.05) is 25.6 Å². The van der Waals surface area contributed by atoms with Crippen LogP contribution in [0.4, 0.5) is 5.69 Å². The molecule has 0 fully saturated rings. The fraction of sp³-hybridized carbons (Fsp3) is 0.333. The van der Waals surface area contributed by atoms with Gasteiger partial charge in [0, 0.05) is 26.2 Å². The Kier molecular flexibility index (Phi) is 3.67. The average Bonchev–Trinajstić information content (AvgIpc) is 2.79. The number of nitrogen functional groups attached to an aromatic ring is 1. The highest BCUT2D eigenvalue weighted by molar-refractivity contribution is 7.91. The van der Waals surface area contributed by atoms with Crippen LogP contribution in [0.2, 0.25) is 0 Å². The number of hydrogen-bond donors (Lipinski definition) is 2. The van der Waals surface area contributed by atoms with Gasteiger partial charge in [-0.2, -0.15) is 0 Å².